The van der Waals surface area contributed by atoms with Gasteiger partial charge in [-0.25, -0.2) is 4.57 Å². The van der Waals surface area contributed by atoms with E-state index in [1.54, 1.807) is 0 Å². The predicted octanol–water partition coefficient (Wildman–Crippen LogP) is 1.15. The van der Waals surface area contributed by atoms with Crippen molar-refractivity contribution in [1.29, 1.82) is 0 Å². The van der Waals surface area contributed by atoms with Gasteiger partial charge in [-0.15, -0.1) is 24.7 Å². The van der Waals surface area contributed by atoms with Crippen LogP contribution in [0.2, 0.25) is 0 Å². The third-order valence-corrected chi connectivity index (χ3v) is 2.12. The molecule has 0 aromatic carbocycles. The van der Waals surface area contributed by atoms with Gasteiger partial charge < -0.3 is 9.79 Å². The summed E-state index contributed by atoms with van der Waals surface area (Å²) in [6.45, 7) is -0.0295. The van der Waals surface area contributed by atoms with Crippen LogP contribution < -0.4 is 0 Å². The number of rotatable bonds is 6. The molecule has 0 fully saturated rings. The molecule has 0 saturated heterocycles. The highest BCUT2D eigenvalue weighted by molar-refractivity contribution is 7.46. The van der Waals surface area contributed by atoms with E-state index in [4.69, 9.17) is 22.6 Å². The number of phosphoric ester groups is 1. The van der Waals surface area contributed by atoms with E-state index in [2.05, 4.69) is 16.4 Å². The van der Waals surface area contributed by atoms with Crippen molar-refractivity contribution in [2.75, 3.05) is 6.61 Å². The average molecular weight is 216 g/mol. The lowest BCUT2D eigenvalue weighted by Crippen LogP contribution is -2.03. The Bertz CT molecular complexity index is 264. The first-order valence-electron chi connectivity index (χ1n) is 4.06. The first-order chi connectivity index (χ1) is 6.49. The molecule has 0 atom stereocenters. The number of phosphoric acid groups is 1. The van der Waals surface area contributed by atoms with Crippen LogP contribution in [0, 0.1) is 30.6 Å². The van der Waals surface area contributed by atoms with E-state index in [-0.39, 0.29) is 12.5 Å². The van der Waals surface area contributed by atoms with Crippen molar-refractivity contribution < 1.29 is 18.9 Å². The molecule has 0 rings (SSSR count). The summed E-state index contributed by atoms with van der Waals surface area (Å²) >= 11 is 0. The van der Waals surface area contributed by atoms with Crippen molar-refractivity contribution in [2.24, 2.45) is 5.92 Å². The summed E-state index contributed by atoms with van der Waals surface area (Å²) < 4.78 is 14.6. The molecule has 0 aliphatic carbocycles. The van der Waals surface area contributed by atoms with Gasteiger partial charge in [0.05, 0.1) is 6.61 Å². The highest BCUT2D eigenvalue weighted by atomic mass is 31.2. The van der Waals surface area contributed by atoms with Crippen LogP contribution in [0.5, 0.6) is 0 Å². The zero-order valence-corrected chi connectivity index (χ0v) is 8.61. The van der Waals surface area contributed by atoms with Crippen LogP contribution in [0.3, 0.4) is 0 Å². The topological polar surface area (TPSA) is 66.8 Å². The maximum absolute atomic E-state index is 10.3. The summed E-state index contributed by atoms with van der Waals surface area (Å²) in [6, 6.07) is 0. The first kappa shape index (κ1) is 13.2. The van der Waals surface area contributed by atoms with Crippen LogP contribution in [0.1, 0.15) is 19.3 Å². The summed E-state index contributed by atoms with van der Waals surface area (Å²) in [5.41, 5.74) is 0. The van der Waals surface area contributed by atoms with Gasteiger partial charge in [0.1, 0.15) is 0 Å². The third kappa shape index (κ3) is 7.86. The lowest BCUT2D eigenvalue weighted by atomic mass is 9.99. The second kappa shape index (κ2) is 6.65. The SMILES string of the molecule is C#CCC(CC#C)CCOP(=O)(O)O. The van der Waals surface area contributed by atoms with Gasteiger partial charge in [-0.05, 0) is 12.3 Å². The van der Waals surface area contributed by atoms with E-state index >= 15 is 0 Å². The fourth-order valence-corrected chi connectivity index (χ4v) is 1.29. The molecule has 4 nitrogen and oxygen atoms in total. The molecule has 14 heavy (non-hydrogen) atoms. The van der Waals surface area contributed by atoms with Gasteiger partial charge in [-0.3, -0.25) is 4.52 Å². The normalized spacial score (nSPS) is 10.9. The van der Waals surface area contributed by atoms with Gasteiger partial charge in [0.2, 0.25) is 0 Å². The predicted molar refractivity (Wildman–Crippen MR) is 53.0 cm³/mol. The maximum Gasteiger partial charge on any atom is 0.469 e. The van der Waals surface area contributed by atoms with Gasteiger partial charge in [0.15, 0.2) is 0 Å². The number of hydrogen-bond donors (Lipinski definition) is 2. The molecule has 5 heteroatoms. The Morgan fingerprint density at radius 3 is 2.14 bits per heavy atom. The van der Waals surface area contributed by atoms with Gasteiger partial charge in [0, 0.05) is 12.8 Å². The van der Waals surface area contributed by atoms with Crippen molar-refractivity contribution in [1.82, 2.24) is 0 Å². The van der Waals surface area contributed by atoms with E-state index in [0.29, 0.717) is 19.3 Å². The Morgan fingerprint density at radius 1 is 1.29 bits per heavy atom. The molecule has 2 N–H and O–H groups in total. The largest absolute Gasteiger partial charge is 0.469 e. The number of hydrogen-bond acceptors (Lipinski definition) is 2. The van der Waals surface area contributed by atoms with E-state index in [1.807, 2.05) is 0 Å². The molecular weight excluding hydrogens is 203 g/mol. The van der Waals surface area contributed by atoms with Crippen LogP contribution in [-0.4, -0.2) is 16.4 Å². The van der Waals surface area contributed by atoms with Crippen LogP contribution >= 0.6 is 7.82 Å². The zero-order chi connectivity index (χ0) is 11.0. The fourth-order valence-electron chi connectivity index (χ4n) is 0.948. The zero-order valence-electron chi connectivity index (χ0n) is 7.72. The van der Waals surface area contributed by atoms with Crippen LogP contribution in [0.25, 0.3) is 0 Å². The standard InChI is InChI=1S/C9H13O4P/c1-3-5-9(6-4-2)7-8-13-14(10,11)12/h1-2,9H,5-8H2,(H2,10,11,12). The van der Waals surface area contributed by atoms with Crippen molar-refractivity contribution >= 4 is 7.82 Å². The van der Waals surface area contributed by atoms with Gasteiger partial charge in [-0.1, -0.05) is 0 Å². The molecule has 0 heterocycles. The van der Waals surface area contributed by atoms with Crippen molar-refractivity contribution in [2.45, 2.75) is 19.3 Å². The fraction of sp³-hybridized carbons (Fsp3) is 0.556. The minimum Gasteiger partial charge on any atom is -0.303 e. The number of terminal acetylenes is 2. The van der Waals surface area contributed by atoms with Crippen molar-refractivity contribution in [3.8, 4) is 24.7 Å². The molecule has 0 saturated carbocycles. The summed E-state index contributed by atoms with van der Waals surface area (Å²) in [5.74, 6) is 4.98. The van der Waals surface area contributed by atoms with Crippen LogP contribution in [0.15, 0.2) is 0 Å². The lowest BCUT2D eigenvalue weighted by molar-refractivity contribution is 0.185. The molecule has 0 aliphatic rings. The Labute approximate surface area is 83.9 Å². The van der Waals surface area contributed by atoms with Crippen molar-refractivity contribution in [3.05, 3.63) is 0 Å². The van der Waals surface area contributed by atoms with E-state index in [0.717, 1.165) is 0 Å². The molecule has 0 spiro atoms. The highest BCUT2D eigenvalue weighted by Gasteiger charge is 2.14. The summed E-state index contributed by atoms with van der Waals surface area (Å²) in [7, 11) is -4.36. The van der Waals surface area contributed by atoms with Crippen LogP contribution in [-0.2, 0) is 9.09 Å². The molecule has 0 amide bonds. The average Bonchev–Trinajstić information content (AvgIpc) is 2.02. The summed E-state index contributed by atoms with van der Waals surface area (Å²) in [4.78, 5) is 16.8. The minimum absolute atomic E-state index is 0.0295. The Hall–Kier alpha value is -0.770. The molecule has 78 valence electrons. The smallest absolute Gasteiger partial charge is 0.303 e. The quantitative estimate of drug-likeness (QED) is 0.516. The molecule has 0 unspecified atom stereocenters. The molecule has 0 aromatic rings. The van der Waals surface area contributed by atoms with Gasteiger partial charge in [0.25, 0.3) is 0 Å². The van der Waals surface area contributed by atoms with Gasteiger partial charge in [-0.2, -0.15) is 0 Å². The van der Waals surface area contributed by atoms with E-state index in [1.165, 1.54) is 0 Å². The Kier molecular flexibility index (Phi) is 6.28. The summed E-state index contributed by atoms with van der Waals surface area (Å²) in [6.07, 6.45) is 11.7. The summed E-state index contributed by atoms with van der Waals surface area (Å²) in [5, 5.41) is 0. The van der Waals surface area contributed by atoms with Crippen LogP contribution in [0.4, 0.5) is 0 Å². The minimum atomic E-state index is -4.36. The second-order valence-corrected chi connectivity index (χ2v) is 4.03. The Balaban J connectivity index is 3.79. The highest BCUT2D eigenvalue weighted by Crippen LogP contribution is 2.36. The lowest BCUT2D eigenvalue weighted by Gasteiger charge is -2.11. The van der Waals surface area contributed by atoms with Gasteiger partial charge >= 0.3 is 7.82 Å². The third-order valence-electron chi connectivity index (χ3n) is 1.60. The molecular formula is C9H13O4P. The monoisotopic (exact) mass is 216 g/mol. The molecule has 0 radical (unpaired) electrons. The molecule has 0 aliphatic heterocycles. The van der Waals surface area contributed by atoms with Crippen molar-refractivity contribution in [3.63, 3.8) is 0 Å². The Morgan fingerprint density at radius 2 is 1.79 bits per heavy atom. The molecule has 0 aromatic heterocycles. The second-order valence-electron chi connectivity index (χ2n) is 2.79. The van der Waals surface area contributed by atoms with E-state index in [9.17, 15) is 4.57 Å². The maximum atomic E-state index is 10.3. The first-order valence-corrected chi connectivity index (χ1v) is 5.59. The molecule has 0 bridgehead atoms. The van der Waals surface area contributed by atoms with E-state index < -0.39 is 7.82 Å².